The van der Waals surface area contributed by atoms with Gasteiger partial charge in [0.2, 0.25) is 0 Å². The molecule has 1 saturated carbocycles. The minimum Gasteiger partial charge on any atom is -0.347 e. The molecule has 1 saturated heterocycles. The van der Waals surface area contributed by atoms with Crippen LogP contribution < -0.4 is 5.32 Å². The second kappa shape index (κ2) is 6.14. The third-order valence-electron chi connectivity index (χ3n) is 4.30. The Morgan fingerprint density at radius 3 is 2.70 bits per heavy atom. The van der Waals surface area contributed by atoms with Crippen molar-refractivity contribution in [1.82, 2.24) is 5.32 Å². The van der Waals surface area contributed by atoms with Crippen molar-refractivity contribution in [1.29, 1.82) is 0 Å². The van der Waals surface area contributed by atoms with Crippen molar-refractivity contribution < 1.29 is 9.47 Å². The van der Waals surface area contributed by atoms with Gasteiger partial charge in [0.1, 0.15) is 0 Å². The highest BCUT2D eigenvalue weighted by atomic mass is 79.9. The van der Waals surface area contributed by atoms with Crippen molar-refractivity contribution in [2.24, 2.45) is 0 Å². The van der Waals surface area contributed by atoms with Crippen LogP contribution in [0.25, 0.3) is 0 Å². The summed E-state index contributed by atoms with van der Waals surface area (Å²) in [6.07, 6.45) is 4.77. The van der Waals surface area contributed by atoms with E-state index in [0.29, 0.717) is 6.04 Å². The van der Waals surface area contributed by atoms with Gasteiger partial charge in [-0.15, -0.1) is 0 Å². The van der Waals surface area contributed by atoms with E-state index in [1.807, 2.05) is 0 Å². The van der Waals surface area contributed by atoms with Crippen LogP contribution in [0.15, 0.2) is 28.7 Å². The molecule has 20 heavy (non-hydrogen) atoms. The van der Waals surface area contributed by atoms with Crippen molar-refractivity contribution in [3.63, 3.8) is 0 Å². The number of halogens is 1. The Hall–Kier alpha value is -0.420. The molecule has 1 spiro atoms. The summed E-state index contributed by atoms with van der Waals surface area (Å²) in [7, 11) is 0. The van der Waals surface area contributed by atoms with E-state index in [1.165, 1.54) is 18.4 Å². The Balaban J connectivity index is 1.49. The zero-order valence-corrected chi connectivity index (χ0v) is 13.5. The quantitative estimate of drug-likeness (QED) is 0.905. The number of rotatable bonds is 4. The van der Waals surface area contributed by atoms with E-state index < -0.39 is 0 Å². The van der Waals surface area contributed by atoms with Gasteiger partial charge < -0.3 is 14.8 Å². The lowest BCUT2D eigenvalue weighted by Crippen LogP contribution is -2.33. The first kappa shape index (κ1) is 14.5. The molecule has 1 aromatic rings. The zero-order chi connectivity index (χ0) is 14.0. The van der Waals surface area contributed by atoms with Gasteiger partial charge in [0, 0.05) is 29.9 Å². The minimum absolute atomic E-state index is 0.186. The Labute approximate surface area is 129 Å². The molecule has 0 amide bonds. The van der Waals surface area contributed by atoms with E-state index >= 15 is 0 Å². The average molecular weight is 340 g/mol. The number of hydrogen-bond donors (Lipinski definition) is 1. The summed E-state index contributed by atoms with van der Waals surface area (Å²) in [6, 6.07) is 8.78. The van der Waals surface area contributed by atoms with Gasteiger partial charge in [-0.1, -0.05) is 28.1 Å². The van der Waals surface area contributed by atoms with Crippen molar-refractivity contribution in [2.75, 3.05) is 13.2 Å². The first-order valence-electron chi connectivity index (χ1n) is 7.47. The molecule has 1 aliphatic heterocycles. The Bertz CT molecular complexity index is 442. The molecule has 3 nitrogen and oxygen atoms in total. The maximum absolute atomic E-state index is 6.12. The summed E-state index contributed by atoms with van der Waals surface area (Å²) < 4.78 is 13.1. The summed E-state index contributed by atoms with van der Waals surface area (Å²) in [5, 5.41) is 3.55. The van der Waals surface area contributed by atoms with Gasteiger partial charge in [-0.05, 0) is 37.5 Å². The van der Waals surface area contributed by atoms with Crippen molar-refractivity contribution >= 4 is 15.9 Å². The minimum atomic E-state index is -0.243. The third-order valence-corrected chi connectivity index (χ3v) is 4.83. The maximum atomic E-state index is 6.12. The van der Waals surface area contributed by atoms with Crippen LogP contribution in [-0.4, -0.2) is 25.0 Å². The smallest absolute Gasteiger partial charge is 0.168 e. The molecule has 1 heterocycles. The highest BCUT2D eigenvalue weighted by Crippen LogP contribution is 2.39. The second-order valence-corrected chi connectivity index (χ2v) is 6.77. The van der Waals surface area contributed by atoms with E-state index in [0.717, 1.165) is 30.5 Å². The van der Waals surface area contributed by atoms with Gasteiger partial charge in [-0.3, -0.25) is 0 Å². The van der Waals surface area contributed by atoms with Gasteiger partial charge in [-0.2, -0.15) is 0 Å². The number of hydrogen-bond acceptors (Lipinski definition) is 3. The topological polar surface area (TPSA) is 30.5 Å². The lowest BCUT2D eigenvalue weighted by Gasteiger charge is -2.22. The first-order valence-corrected chi connectivity index (χ1v) is 8.27. The number of nitrogens with one attached hydrogen (secondary N) is 1. The van der Waals surface area contributed by atoms with E-state index in [2.05, 4.69) is 52.4 Å². The average Bonchev–Trinajstić information content (AvgIpc) is 3.08. The highest BCUT2D eigenvalue weighted by Gasteiger charge is 2.43. The van der Waals surface area contributed by atoms with Crippen molar-refractivity contribution in [2.45, 2.75) is 50.5 Å². The Morgan fingerprint density at radius 1 is 1.30 bits per heavy atom. The lowest BCUT2D eigenvalue weighted by atomic mass is 10.1. The fourth-order valence-electron chi connectivity index (χ4n) is 3.07. The van der Waals surface area contributed by atoms with E-state index in [-0.39, 0.29) is 11.9 Å². The molecule has 2 atom stereocenters. The molecule has 4 heteroatoms. The fourth-order valence-corrected chi connectivity index (χ4v) is 3.33. The normalized spacial score (nSPS) is 26.2. The summed E-state index contributed by atoms with van der Waals surface area (Å²) in [4.78, 5) is 0. The predicted molar refractivity (Wildman–Crippen MR) is 82.6 cm³/mol. The fraction of sp³-hybridized carbons (Fsp3) is 0.625. The van der Waals surface area contributed by atoms with E-state index in [9.17, 15) is 0 Å². The molecule has 0 radical (unpaired) electrons. The zero-order valence-electron chi connectivity index (χ0n) is 11.9. The molecule has 2 unspecified atom stereocenters. The van der Waals surface area contributed by atoms with Crippen LogP contribution in [0.1, 0.15) is 44.2 Å². The molecule has 2 fully saturated rings. The second-order valence-electron chi connectivity index (χ2n) is 5.85. The van der Waals surface area contributed by atoms with Gasteiger partial charge in [-0.25, -0.2) is 0 Å². The van der Waals surface area contributed by atoms with Crippen LogP contribution in [0, 0.1) is 0 Å². The maximum Gasteiger partial charge on any atom is 0.168 e. The molecule has 1 aliphatic carbocycles. The Morgan fingerprint density at radius 2 is 2.00 bits per heavy atom. The molecule has 2 aliphatic rings. The van der Waals surface area contributed by atoms with Gasteiger partial charge in [0.05, 0.1) is 12.7 Å². The van der Waals surface area contributed by atoms with Crippen LogP contribution in [0.5, 0.6) is 0 Å². The van der Waals surface area contributed by atoms with E-state index in [4.69, 9.17) is 9.47 Å². The molecule has 0 aromatic heterocycles. The molecule has 1 aromatic carbocycles. The van der Waals surface area contributed by atoms with E-state index in [1.54, 1.807) is 0 Å². The molecule has 110 valence electrons. The monoisotopic (exact) mass is 339 g/mol. The Kier molecular flexibility index (Phi) is 4.46. The number of benzene rings is 1. The molecule has 0 bridgehead atoms. The summed E-state index contributed by atoms with van der Waals surface area (Å²) in [5.41, 5.74) is 1.29. The van der Waals surface area contributed by atoms with Crippen LogP contribution in [0.3, 0.4) is 0 Å². The van der Waals surface area contributed by atoms with Crippen LogP contribution in [0.2, 0.25) is 0 Å². The molecule has 1 N–H and O–H groups in total. The van der Waals surface area contributed by atoms with Crippen LogP contribution in [0.4, 0.5) is 0 Å². The standard InChI is InChI=1S/C16H22BrNO2/c1-12(13-4-6-14(17)7-5-13)18-10-15-11-19-16(20-15)8-2-3-9-16/h4-7,12,15,18H,2-3,8-11H2,1H3. The lowest BCUT2D eigenvalue weighted by molar-refractivity contribution is -0.161. The van der Waals surface area contributed by atoms with Crippen LogP contribution >= 0.6 is 15.9 Å². The first-order chi connectivity index (χ1) is 9.67. The molecule has 3 rings (SSSR count). The highest BCUT2D eigenvalue weighted by molar-refractivity contribution is 9.10. The van der Waals surface area contributed by atoms with Crippen molar-refractivity contribution in [3.05, 3.63) is 34.3 Å². The number of ether oxygens (including phenoxy) is 2. The molecular formula is C16H22BrNO2. The van der Waals surface area contributed by atoms with Gasteiger partial charge >= 0.3 is 0 Å². The SMILES string of the molecule is CC(NCC1COC2(CCCC2)O1)c1ccc(Br)cc1. The predicted octanol–water partition coefficient (Wildman–Crippen LogP) is 3.79. The largest absolute Gasteiger partial charge is 0.347 e. The summed E-state index contributed by atoms with van der Waals surface area (Å²) in [6.45, 7) is 3.75. The molecular weight excluding hydrogens is 318 g/mol. The van der Waals surface area contributed by atoms with Gasteiger partial charge in [0.25, 0.3) is 0 Å². The van der Waals surface area contributed by atoms with Crippen molar-refractivity contribution in [3.8, 4) is 0 Å². The summed E-state index contributed by atoms with van der Waals surface area (Å²) in [5.74, 6) is -0.243. The van der Waals surface area contributed by atoms with Gasteiger partial charge in [0.15, 0.2) is 5.79 Å². The third kappa shape index (κ3) is 3.25. The van der Waals surface area contributed by atoms with Crippen LogP contribution in [-0.2, 0) is 9.47 Å². The summed E-state index contributed by atoms with van der Waals surface area (Å²) >= 11 is 3.46.